The molecular formula is C14H20N2O3. The predicted molar refractivity (Wildman–Crippen MR) is 74.3 cm³/mol. The topological polar surface area (TPSA) is 73.6 Å². The van der Waals surface area contributed by atoms with Gasteiger partial charge in [0.05, 0.1) is 29.6 Å². The number of para-hydroxylation sites is 1. The van der Waals surface area contributed by atoms with Crippen molar-refractivity contribution < 1.29 is 14.3 Å². The Balaban J connectivity index is 2.05. The first-order valence-corrected chi connectivity index (χ1v) is 6.50. The molecule has 0 unspecified atom stereocenters. The smallest absolute Gasteiger partial charge is 0.340 e. The Bertz CT molecular complexity index is 456. The monoisotopic (exact) mass is 264 g/mol. The Morgan fingerprint density at radius 1 is 1.47 bits per heavy atom. The van der Waals surface area contributed by atoms with Gasteiger partial charge in [-0.25, -0.2) is 4.79 Å². The summed E-state index contributed by atoms with van der Waals surface area (Å²) >= 11 is 0. The second-order valence-corrected chi connectivity index (χ2v) is 4.66. The minimum Gasteiger partial charge on any atom is -0.462 e. The number of hydrogen-bond donors (Lipinski definition) is 2. The van der Waals surface area contributed by atoms with Gasteiger partial charge >= 0.3 is 5.97 Å². The van der Waals surface area contributed by atoms with Crippen LogP contribution in [0.5, 0.6) is 0 Å². The van der Waals surface area contributed by atoms with Gasteiger partial charge in [-0.05, 0) is 31.9 Å². The van der Waals surface area contributed by atoms with Crippen LogP contribution < -0.4 is 11.1 Å². The quantitative estimate of drug-likeness (QED) is 0.629. The Kier molecular flexibility index (Phi) is 4.27. The number of rotatable bonds is 5. The van der Waals surface area contributed by atoms with Gasteiger partial charge in [0.1, 0.15) is 0 Å². The van der Waals surface area contributed by atoms with Crippen LogP contribution in [-0.4, -0.2) is 31.8 Å². The standard InChI is InChI=1S/C14H20N2O3/c1-3-19-14(17)11-5-4-6-12(13(11)15)16-9-7-10(8-9)18-2/h4-6,9-10,16H,3,7-8,15H2,1-2H3. The summed E-state index contributed by atoms with van der Waals surface area (Å²) in [7, 11) is 1.72. The van der Waals surface area contributed by atoms with E-state index in [1.54, 1.807) is 26.2 Å². The zero-order valence-electron chi connectivity index (χ0n) is 11.3. The van der Waals surface area contributed by atoms with Crippen molar-refractivity contribution in [2.45, 2.75) is 31.9 Å². The summed E-state index contributed by atoms with van der Waals surface area (Å²) in [5.74, 6) is -0.382. The van der Waals surface area contributed by atoms with Crippen LogP contribution in [-0.2, 0) is 9.47 Å². The molecule has 1 aromatic carbocycles. The molecule has 1 aromatic rings. The molecule has 1 fully saturated rings. The molecule has 1 aliphatic rings. The van der Waals surface area contributed by atoms with E-state index in [9.17, 15) is 4.79 Å². The first-order chi connectivity index (χ1) is 9.15. The molecule has 0 spiro atoms. The van der Waals surface area contributed by atoms with E-state index in [1.165, 1.54) is 0 Å². The van der Waals surface area contributed by atoms with Crippen LogP contribution in [0.25, 0.3) is 0 Å². The predicted octanol–water partition coefficient (Wildman–Crippen LogP) is 2.03. The van der Waals surface area contributed by atoms with E-state index in [-0.39, 0.29) is 5.97 Å². The van der Waals surface area contributed by atoms with Gasteiger partial charge < -0.3 is 20.5 Å². The second kappa shape index (κ2) is 5.93. The van der Waals surface area contributed by atoms with E-state index in [0.29, 0.717) is 30.0 Å². The zero-order valence-corrected chi connectivity index (χ0v) is 11.3. The van der Waals surface area contributed by atoms with Crippen LogP contribution >= 0.6 is 0 Å². The number of carbonyl (C=O) groups is 1. The van der Waals surface area contributed by atoms with Gasteiger partial charge in [-0.2, -0.15) is 0 Å². The van der Waals surface area contributed by atoms with Crippen LogP contribution in [0.1, 0.15) is 30.1 Å². The van der Waals surface area contributed by atoms with E-state index in [4.69, 9.17) is 15.2 Å². The lowest BCUT2D eigenvalue weighted by Gasteiger charge is -2.35. The maximum Gasteiger partial charge on any atom is 0.340 e. The van der Waals surface area contributed by atoms with E-state index in [2.05, 4.69) is 5.32 Å². The zero-order chi connectivity index (χ0) is 13.8. The molecule has 0 atom stereocenters. The number of nitrogens with two attached hydrogens (primary N) is 1. The molecule has 0 aliphatic heterocycles. The van der Waals surface area contributed by atoms with Crippen LogP contribution in [0.2, 0.25) is 0 Å². The van der Waals surface area contributed by atoms with E-state index < -0.39 is 0 Å². The highest BCUT2D eigenvalue weighted by Crippen LogP contribution is 2.30. The molecule has 0 bridgehead atoms. The van der Waals surface area contributed by atoms with Crippen LogP contribution in [0.3, 0.4) is 0 Å². The number of hydrogen-bond acceptors (Lipinski definition) is 5. The molecule has 104 valence electrons. The Labute approximate surface area is 113 Å². The molecular weight excluding hydrogens is 244 g/mol. The van der Waals surface area contributed by atoms with Crippen molar-refractivity contribution in [2.24, 2.45) is 0 Å². The summed E-state index contributed by atoms with van der Waals surface area (Å²) in [4.78, 5) is 11.7. The second-order valence-electron chi connectivity index (χ2n) is 4.66. The molecule has 1 aliphatic carbocycles. The molecule has 5 heteroatoms. The summed E-state index contributed by atoms with van der Waals surface area (Å²) in [5, 5.41) is 3.34. The minimum absolute atomic E-state index is 0.326. The molecule has 3 N–H and O–H groups in total. The summed E-state index contributed by atoms with van der Waals surface area (Å²) in [5.41, 5.74) is 7.65. The first-order valence-electron chi connectivity index (χ1n) is 6.50. The number of esters is 1. The average molecular weight is 264 g/mol. The fourth-order valence-electron chi connectivity index (χ4n) is 2.17. The summed E-state index contributed by atoms with van der Waals surface area (Å²) in [6, 6.07) is 5.71. The van der Waals surface area contributed by atoms with Crippen LogP contribution in [0.4, 0.5) is 11.4 Å². The number of nitrogens with one attached hydrogen (secondary N) is 1. The summed E-state index contributed by atoms with van der Waals surface area (Å²) in [6.45, 7) is 2.11. The van der Waals surface area contributed by atoms with Gasteiger partial charge in [0, 0.05) is 13.2 Å². The third-order valence-corrected chi connectivity index (χ3v) is 3.39. The molecule has 1 saturated carbocycles. The summed E-state index contributed by atoms with van der Waals surface area (Å²) in [6.07, 6.45) is 2.24. The van der Waals surface area contributed by atoms with Crippen molar-refractivity contribution in [3.05, 3.63) is 23.8 Å². The maximum atomic E-state index is 11.7. The minimum atomic E-state index is -0.382. The lowest BCUT2D eigenvalue weighted by Crippen LogP contribution is -2.40. The third kappa shape index (κ3) is 2.98. The molecule has 5 nitrogen and oxygen atoms in total. The number of nitrogen functional groups attached to an aromatic ring is 1. The van der Waals surface area contributed by atoms with E-state index >= 15 is 0 Å². The van der Waals surface area contributed by atoms with Gasteiger partial charge in [-0.1, -0.05) is 6.07 Å². The summed E-state index contributed by atoms with van der Waals surface area (Å²) < 4.78 is 10.2. The van der Waals surface area contributed by atoms with Crippen molar-refractivity contribution >= 4 is 17.3 Å². The molecule has 0 aromatic heterocycles. The lowest BCUT2D eigenvalue weighted by atomic mass is 9.89. The largest absolute Gasteiger partial charge is 0.462 e. The van der Waals surface area contributed by atoms with Gasteiger partial charge in [-0.3, -0.25) is 0 Å². The van der Waals surface area contributed by atoms with E-state index in [0.717, 1.165) is 18.5 Å². The van der Waals surface area contributed by atoms with Gasteiger partial charge in [0.15, 0.2) is 0 Å². The fourth-order valence-corrected chi connectivity index (χ4v) is 2.17. The van der Waals surface area contributed by atoms with Gasteiger partial charge in [0.2, 0.25) is 0 Å². The third-order valence-electron chi connectivity index (χ3n) is 3.39. The molecule has 0 radical (unpaired) electrons. The Morgan fingerprint density at radius 3 is 2.84 bits per heavy atom. The highest BCUT2D eigenvalue weighted by atomic mass is 16.5. The lowest BCUT2D eigenvalue weighted by molar-refractivity contribution is 0.0328. The maximum absolute atomic E-state index is 11.7. The number of methoxy groups -OCH3 is 1. The van der Waals surface area contributed by atoms with Crippen molar-refractivity contribution in [3.8, 4) is 0 Å². The van der Waals surface area contributed by atoms with Crippen molar-refractivity contribution in [1.82, 2.24) is 0 Å². The van der Waals surface area contributed by atoms with Crippen LogP contribution in [0, 0.1) is 0 Å². The van der Waals surface area contributed by atoms with Gasteiger partial charge in [0.25, 0.3) is 0 Å². The highest BCUT2D eigenvalue weighted by Gasteiger charge is 2.29. The molecule has 0 saturated heterocycles. The van der Waals surface area contributed by atoms with Crippen molar-refractivity contribution in [1.29, 1.82) is 0 Å². The van der Waals surface area contributed by atoms with Crippen molar-refractivity contribution in [3.63, 3.8) is 0 Å². The number of anilines is 2. The Morgan fingerprint density at radius 2 is 2.21 bits per heavy atom. The Hall–Kier alpha value is -1.75. The molecule has 0 heterocycles. The average Bonchev–Trinajstić information content (AvgIpc) is 2.35. The van der Waals surface area contributed by atoms with Crippen molar-refractivity contribution in [2.75, 3.05) is 24.8 Å². The number of benzene rings is 1. The molecule has 0 amide bonds. The molecule has 19 heavy (non-hydrogen) atoms. The highest BCUT2D eigenvalue weighted by molar-refractivity contribution is 5.98. The number of ether oxygens (including phenoxy) is 2. The van der Waals surface area contributed by atoms with Crippen LogP contribution in [0.15, 0.2) is 18.2 Å². The first kappa shape index (κ1) is 13.7. The molecule has 2 rings (SSSR count). The SMILES string of the molecule is CCOC(=O)c1cccc(NC2CC(OC)C2)c1N. The van der Waals surface area contributed by atoms with Gasteiger partial charge in [-0.15, -0.1) is 0 Å². The number of carbonyl (C=O) groups excluding carboxylic acids is 1. The van der Waals surface area contributed by atoms with E-state index in [1.807, 2.05) is 6.07 Å². The normalized spacial score (nSPS) is 21.6. The fraction of sp³-hybridized carbons (Fsp3) is 0.500.